The Bertz CT molecular complexity index is 507. The summed E-state index contributed by atoms with van der Waals surface area (Å²) in [4.78, 5) is 6.64. The van der Waals surface area contributed by atoms with Crippen molar-refractivity contribution in [3.8, 4) is 0 Å². The molecule has 1 fully saturated rings. The topological polar surface area (TPSA) is 46.1 Å². The Hall–Kier alpha value is -0.860. The SMILES string of the molecule is CN=C(NCCCCOCc1ccccc1)N(C)CCC1CCOCC1.I. The number of nitrogens with one attached hydrogen (secondary N) is 1. The Balaban J connectivity index is 0.00000364. The second-order valence-corrected chi connectivity index (χ2v) is 6.99. The molecule has 0 aliphatic carbocycles. The molecule has 0 unspecified atom stereocenters. The summed E-state index contributed by atoms with van der Waals surface area (Å²) in [5, 5.41) is 3.46. The average Bonchev–Trinajstić information content (AvgIpc) is 2.70. The third kappa shape index (κ3) is 10.3. The lowest BCUT2D eigenvalue weighted by Crippen LogP contribution is -2.40. The molecule has 1 aliphatic heterocycles. The second kappa shape index (κ2) is 15.1. The number of hydrogen-bond acceptors (Lipinski definition) is 3. The van der Waals surface area contributed by atoms with Crippen molar-refractivity contribution >= 4 is 29.9 Å². The number of benzene rings is 1. The third-order valence-corrected chi connectivity index (χ3v) is 4.90. The molecular weight excluding hydrogens is 453 g/mol. The lowest BCUT2D eigenvalue weighted by atomic mass is 9.96. The van der Waals surface area contributed by atoms with E-state index in [1.165, 1.54) is 24.8 Å². The van der Waals surface area contributed by atoms with E-state index in [4.69, 9.17) is 9.47 Å². The smallest absolute Gasteiger partial charge is 0.193 e. The molecule has 1 heterocycles. The number of halogens is 1. The highest BCUT2D eigenvalue weighted by Crippen LogP contribution is 2.18. The van der Waals surface area contributed by atoms with Crippen LogP contribution in [0.5, 0.6) is 0 Å². The monoisotopic (exact) mass is 489 g/mol. The van der Waals surface area contributed by atoms with Crippen LogP contribution in [0.2, 0.25) is 0 Å². The summed E-state index contributed by atoms with van der Waals surface area (Å²) < 4.78 is 11.2. The van der Waals surface area contributed by atoms with Gasteiger partial charge in [0.05, 0.1) is 6.61 Å². The van der Waals surface area contributed by atoms with Gasteiger partial charge in [-0.15, -0.1) is 24.0 Å². The quantitative estimate of drug-likeness (QED) is 0.234. The zero-order valence-corrected chi connectivity index (χ0v) is 19.2. The van der Waals surface area contributed by atoms with Gasteiger partial charge in [-0.3, -0.25) is 4.99 Å². The Morgan fingerprint density at radius 2 is 1.96 bits per heavy atom. The van der Waals surface area contributed by atoms with Crippen LogP contribution in [-0.4, -0.2) is 57.9 Å². The van der Waals surface area contributed by atoms with Crippen molar-refractivity contribution < 1.29 is 9.47 Å². The van der Waals surface area contributed by atoms with Crippen LogP contribution in [0.1, 0.15) is 37.7 Å². The molecule has 1 N–H and O–H groups in total. The van der Waals surface area contributed by atoms with Crippen molar-refractivity contribution in [1.82, 2.24) is 10.2 Å². The number of unbranched alkanes of at least 4 members (excludes halogenated alkanes) is 1. The van der Waals surface area contributed by atoms with Crippen LogP contribution >= 0.6 is 24.0 Å². The standard InChI is InChI=1S/C21H35N3O2.HI/c1-22-21(24(2)14-10-19-11-16-25-17-12-19)23-13-6-7-15-26-18-20-8-4-3-5-9-20;/h3-5,8-9,19H,6-7,10-18H2,1-2H3,(H,22,23);1H. The normalized spacial score (nSPS) is 15.3. The fraction of sp³-hybridized carbons (Fsp3) is 0.667. The maximum absolute atomic E-state index is 5.73. The fourth-order valence-electron chi connectivity index (χ4n) is 3.20. The molecule has 1 aliphatic rings. The second-order valence-electron chi connectivity index (χ2n) is 6.99. The molecule has 0 radical (unpaired) electrons. The number of guanidine groups is 1. The predicted molar refractivity (Wildman–Crippen MR) is 123 cm³/mol. The minimum absolute atomic E-state index is 0. The number of hydrogen-bond donors (Lipinski definition) is 1. The Labute approximate surface area is 181 Å². The maximum Gasteiger partial charge on any atom is 0.193 e. The van der Waals surface area contributed by atoms with E-state index in [9.17, 15) is 0 Å². The van der Waals surface area contributed by atoms with Gasteiger partial charge in [-0.2, -0.15) is 0 Å². The summed E-state index contributed by atoms with van der Waals surface area (Å²) in [6.45, 7) is 5.33. The molecule has 1 aromatic rings. The molecule has 27 heavy (non-hydrogen) atoms. The Morgan fingerprint density at radius 3 is 2.67 bits per heavy atom. The van der Waals surface area contributed by atoms with Crippen LogP contribution in [0.25, 0.3) is 0 Å². The molecule has 1 aromatic carbocycles. The van der Waals surface area contributed by atoms with Crippen LogP contribution in [0.15, 0.2) is 35.3 Å². The van der Waals surface area contributed by atoms with E-state index in [0.29, 0.717) is 6.61 Å². The van der Waals surface area contributed by atoms with Gasteiger partial charge in [0.25, 0.3) is 0 Å². The average molecular weight is 489 g/mol. The molecule has 154 valence electrons. The van der Waals surface area contributed by atoms with Gasteiger partial charge in [0, 0.05) is 47.0 Å². The molecule has 5 nitrogen and oxygen atoms in total. The molecule has 0 atom stereocenters. The van der Waals surface area contributed by atoms with Crippen LogP contribution in [0.3, 0.4) is 0 Å². The van der Waals surface area contributed by atoms with Crippen molar-refractivity contribution in [1.29, 1.82) is 0 Å². The first-order valence-corrected chi connectivity index (χ1v) is 9.91. The first-order chi connectivity index (χ1) is 12.8. The Morgan fingerprint density at radius 1 is 1.22 bits per heavy atom. The lowest BCUT2D eigenvalue weighted by Gasteiger charge is -2.26. The molecule has 2 rings (SSSR count). The molecule has 0 spiro atoms. The number of aliphatic imine (C=N–C) groups is 1. The van der Waals surface area contributed by atoms with E-state index in [0.717, 1.165) is 57.6 Å². The van der Waals surface area contributed by atoms with E-state index in [2.05, 4.69) is 34.4 Å². The van der Waals surface area contributed by atoms with Crippen LogP contribution in [-0.2, 0) is 16.1 Å². The van der Waals surface area contributed by atoms with E-state index < -0.39 is 0 Å². The van der Waals surface area contributed by atoms with Crippen LogP contribution in [0, 0.1) is 5.92 Å². The van der Waals surface area contributed by atoms with Gasteiger partial charge in [-0.05, 0) is 43.6 Å². The summed E-state index contributed by atoms with van der Waals surface area (Å²) in [7, 11) is 3.98. The highest BCUT2D eigenvalue weighted by Gasteiger charge is 2.15. The molecule has 0 amide bonds. The molecule has 0 saturated carbocycles. The van der Waals surface area contributed by atoms with Crippen molar-refractivity contribution in [2.24, 2.45) is 10.9 Å². The van der Waals surface area contributed by atoms with Crippen molar-refractivity contribution in [3.63, 3.8) is 0 Å². The van der Waals surface area contributed by atoms with Crippen molar-refractivity contribution in [2.45, 2.75) is 38.7 Å². The van der Waals surface area contributed by atoms with E-state index in [1.807, 2.05) is 25.2 Å². The first-order valence-electron chi connectivity index (χ1n) is 9.91. The summed E-state index contributed by atoms with van der Waals surface area (Å²) in [6, 6.07) is 10.3. The molecule has 0 aromatic heterocycles. The van der Waals surface area contributed by atoms with E-state index in [1.54, 1.807) is 0 Å². The van der Waals surface area contributed by atoms with Crippen LogP contribution in [0.4, 0.5) is 0 Å². The molecule has 0 bridgehead atoms. The first kappa shape index (κ1) is 24.2. The van der Waals surface area contributed by atoms with Gasteiger partial charge in [-0.1, -0.05) is 30.3 Å². The predicted octanol–water partition coefficient (Wildman–Crippen LogP) is 3.93. The largest absolute Gasteiger partial charge is 0.381 e. The summed E-state index contributed by atoms with van der Waals surface area (Å²) in [6.07, 6.45) is 5.75. The number of ether oxygens (including phenoxy) is 2. The molecular formula is C21H36IN3O2. The van der Waals surface area contributed by atoms with Gasteiger partial charge >= 0.3 is 0 Å². The van der Waals surface area contributed by atoms with E-state index in [-0.39, 0.29) is 24.0 Å². The highest BCUT2D eigenvalue weighted by molar-refractivity contribution is 14.0. The van der Waals surface area contributed by atoms with E-state index >= 15 is 0 Å². The molecule has 6 heteroatoms. The number of nitrogens with zero attached hydrogens (tertiary/aromatic N) is 2. The number of rotatable bonds is 10. The maximum atomic E-state index is 5.73. The zero-order valence-electron chi connectivity index (χ0n) is 16.9. The minimum atomic E-state index is 0. The lowest BCUT2D eigenvalue weighted by molar-refractivity contribution is 0.0625. The van der Waals surface area contributed by atoms with Crippen LogP contribution < -0.4 is 5.32 Å². The third-order valence-electron chi connectivity index (χ3n) is 4.90. The molecule has 1 saturated heterocycles. The highest BCUT2D eigenvalue weighted by atomic mass is 127. The fourth-order valence-corrected chi connectivity index (χ4v) is 3.20. The summed E-state index contributed by atoms with van der Waals surface area (Å²) >= 11 is 0. The van der Waals surface area contributed by atoms with Crippen molar-refractivity contribution in [3.05, 3.63) is 35.9 Å². The summed E-state index contributed by atoms with van der Waals surface area (Å²) in [5.74, 6) is 1.79. The van der Waals surface area contributed by atoms with Gasteiger partial charge < -0.3 is 19.7 Å². The van der Waals surface area contributed by atoms with Gasteiger partial charge in [-0.25, -0.2) is 0 Å². The zero-order chi connectivity index (χ0) is 18.5. The van der Waals surface area contributed by atoms with Crippen molar-refractivity contribution in [2.75, 3.05) is 47.0 Å². The minimum Gasteiger partial charge on any atom is -0.381 e. The van der Waals surface area contributed by atoms with Gasteiger partial charge in [0.15, 0.2) is 5.96 Å². The summed E-state index contributed by atoms with van der Waals surface area (Å²) in [5.41, 5.74) is 1.23. The van der Waals surface area contributed by atoms with Gasteiger partial charge in [0.2, 0.25) is 0 Å². The van der Waals surface area contributed by atoms with Gasteiger partial charge in [0.1, 0.15) is 0 Å². The Kier molecular flexibility index (Phi) is 13.5.